The van der Waals surface area contributed by atoms with Crippen molar-refractivity contribution >= 4 is 17.0 Å². The van der Waals surface area contributed by atoms with E-state index >= 15 is 0 Å². The van der Waals surface area contributed by atoms with Crippen LogP contribution in [0.1, 0.15) is 39.3 Å². The first-order chi connectivity index (χ1) is 9.92. The van der Waals surface area contributed by atoms with Crippen molar-refractivity contribution in [2.75, 3.05) is 0 Å². The Morgan fingerprint density at radius 2 is 2.05 bits per heavy atom. The van der Waals surface area contributed by atoms with Crippen LogP contribution in [0.2, 0.25) is 0 Å². The molecule has 0 fully saturated rings. The highest BCUT2D eigenvalue weighted by Crippen LogP contribution is 2.23. The molecule has 0 radical (unpaired) electrons. The lowest BCUT2D eigenvalue weighted by Gasteiger charge is -2.21. The number of benzene rings is 1. The minimum atomic E-state index is -0.499. The van der Waals surface area contributed by atoms with Crippen LogP contribution >= 0.6 is 0 Å². The average Bonchev–Trinajstić information content (AvgIpc) is 2.75. The number of aromatic nitrogens is 1. The maximum Gasteiger partial charge on any atom is 0.419 e. The van der Waals surface area contributed by atoms with Crippen LogP contribution in [0.3, 0.4) is 0 Å². The summed E-state index contributed by atoms with van der Waals surface area (Å²) in [6, 6.07) is 9.97. The topological polar surface area (TPSA) is 31.2 Å². The number of carbonyl (C=O) groups excluding carboxylic acids is 1. The zero-order valence-electron chi connectivity index (χ0n) is 13.1. The van der Waals surface area contributed by atoms with Gasteiger partial charge in [0.2, 0.25) is 0 Å². The van der Waals surface area contributed by atoms with Gasteiger partial charge in [-0.1, -0.05) is 24.3 Å². The normalized spacial score (nSPS) is 11.6. The number of aryl methyl sites for hydroxylation is 1. The molecule has 1 aromatic carbocycles. The summed E-state index contributed by atoms with van der Waals surface area (Å²) < 4.78 is 7.24. The first-order valence-electron chi connectivity index (χ1n) is 7.36. The predicted molar refractivity (Wildman–Crippen MR) is 86.7 cm³/mol. The molecule has 0 spiro atoms. The van der Waals surface area contributed by atoms with E-state index in [2.05, 4.69) is 12.6 Å². The van der Waals surface area contributed by atoms with E-state index in [-0.39, 0.29) is 6.09 Å². The van der Waals surface area contributed by atoms with Gasteiger partial charge in [-0.3, -0.25) is 0 Å². The molecule has 3 heteroatoms. The first kappa shape index (κ1) is 15.4. The monoisotopic (exact) mass is 285 g/mol. The smallest absolute Gasteiger partial charge is 0.419 e. The Hall–Kier alpha value is -2.03. The van der Waals surface area contributed by atoms with Gasteiger partial charge in [0.25, 0.3) is 0 Å². The minimum Gasteiger partial charge on any atom is -0.443 e. The third kappa shape index (κ3) is 3.75. The Bertz CT molecular complexity index is 647. The fourth-order valence-corrected chi connectivity index (χ4v) is 2.35. The molecule has 2 rings (SSSR count). The molecule has 0 bridgehead atoms. The van der Waals surface area contributed by atoms with Gasteiger partial charge in [-0.2, -0.15) is 0 Å². The molecule has 21 heavy (non-hydrogen) atoms. The second kappa shape index (κ2) is 6.17. The van der Waals surface area contributed by atoms with E-state index in [0.29, 0.717) is 0 Å². The summed E-state index contributed by atoms with van der Waals surface area (Å²) in [5.41, 5.74) is 1.40. The van der Waals surface area contributed by atoms with Gasteiger partial charge in [0.05, 0.1) is 5.52 Å². The summed E-state index contributed by atoms with van der Waals surface area (Å²) in [7, 11) is 0. The van der Waals surface area contributed by atoms with Crippen molar-refractivity contribution < 1.29 is 9.53 Å². The zero-order chi connectivity index (χ0) is 15.5. The van der Waals surface area contributed by atoms with Gasteiger partial charge in [0, 0.05) is 11.1 Å². The van der Waals surface area contributed by atoms with Gasteiger partial charge in [-0.15, -0.1) is 6.58 Å². The van der Waals surface area contributed by atoms with Crippen molar-refractivity contribution in [2.24, 2.45) is 0 Å². The third-order valence-electron chi connectivity index (χ3n) is 3.20. The Morgan fingerprint density at radius 3 is 2.71 bits per heavy atom. The first-order valence-corrected chi connectivity index (χ1v) is 7.36. The summed E-state index contributed by atoms with van der Waals surface area (Å²) in [4.78, 5) is 12.5. The number of hydrogen-bond acceptors (Lipinski definition) is 2. The molecule has 0 saturated heterocycles. The van der Waals surface area contributed by atoms with Crippen molar-refractivity contribution in [3.05, 3.63) is 48.7 Å². The molecule has 1 aromatic heterocycles. The molecule has 3 nitrogen and oxygen atoms in total. The van der Waals surface area contributed by atoms with E-state index in [0.717, 1.165) is 35.9 Å². The number of fused-ring (bicyclic) bond motifs is 1. The molecule has 0 N–H and O–H groups in total. The maximum atomic E-state index is 12.5. The molecule has 0 saturated carbocycles. The molecule has 0 aliphatic heterocycles. The Morgan fingerprint density at radius 1 is 1.33 bits per heavy atom. The molecule has 2 aromatic rings. The van der Waals surface area contributed by atoms with E-state index in [4.69, 9.17) is 4.74 Å². The van der Waals surface area contributed by atoms with Crippen LogP contribution in [0.15, 0.2) is 43.0 Å². The van der Waals surface area contributed by atoms with E-state index in [1.54, 1.807) is 4.57 Å². The van der Waals surface area contributed by atoms with Crippen LogP contribution in [0.4, 0.5) is 4.79 Å². The van der Waals surface area contributed by atoms with Gasteiger partial charge in [0.15, 0.2) is 0 Å². The highest BCUT2D eigenvalue weighted by atomic mass is 16.6. The fourth-order valence-electron chi connectivity index (χ4n) is 2.35. The van der Waals surface area contributed by atoms with Crippen molar-refractivity contribution in [1.29, 1.82) is 0 Å². The number of para-hydroxylation sites is 1. The van der Waals surface area contributed by atoms with E-state index < -0.39 is 5.60 Å². The van der Waals surface area contributed by atoms with Crippen molar-refractivity contribution in [3.8, 4) is 0 Å². The molecular weight excluding hydrogens is 262 g/mol. The second-order valence-corrected chi connectivity index (χ2v) is 6.19. The molecule has 0 amide bonds. The molecule has 0 unspecified atom stereocenters. The van der Waals surface area contributed by atoms with Crippen molar-refractivity contribution in [1.82, 2.24) is 4.57 Å². The predicted octanol–water partition coefficient (Wildman–Crippen LogP) is 4.93. The Balaban J connectivity index is 2.40. The summed E-state index contributed by atoms with van der Waals surface area (Å²) >= 11 is 0. The van der Waals surface area contributed by atoms with Gasteiger partial charge < -0.3 is 4.74 Å². The zero-order valence-corrected chi connectivity index (χ0v) is 13.1. The number of carbonyl (C=O) groups is 1. The van der Waals surface area contributed by atoms with E-state index in [9.17, 15) is 4.79 Å². The Labute approximate surface area is 126 Å². The van der Waals surface area contributed by atoms with Gasteiger partial charge in [-0.25, -0.2) is 9.36 Å². The molecule has 112 valence electrons. The number of allylic oxidation sites excluding steroid dienone is 1. The maximum absolute atomic E-state index is 12.5. The lowest BCUT2D eigenvalue weighted by Crippen LogP contribution is -2.28. The number of rotatable bonds is 4. The molecule has 0 atom stereocenters. The number of unbranched alkanes of at least 4 members (excludes halogenated alkanes) is 1. The Kier molecular flexibility index (Phi) is 4.51. The summed E-state index contributed by atoms with van der Waals surface area (Å²) in [6.45, 7) is 9.39. The summed E-state index contributed by atoms with van der Waals surface area (Å²) in [6.07, 6.45) is 4.34. The van der Waals surface area contributed by atoms with Gasteiger partial charge in [-0.05, 0) is 52.2 Å². The van der Waals surface area contributed by atoms with Crippen LogP contribution < -0.4 is 0 Å². The molecular formula is C18H23NO2. The highest BCUT2D eigenvalue weighted by molar-refractivity contribution is 5.91. The number of ether oxygens (including phenoxy) is 1. The molecule has 1 heterocycles. The van der Waals surface area contributed by atoms with Crippen LogP contribution in [-0.2, 0) is 11.2 Å². The quantitative estimate of drug-likeness (QED) is 0.589. The SMILES string of the molecule is C=CCCCc1cc2ccccc2n1C(=O)OC(C)(C)C. The van der Waals surface area contributed by atoms with Crippen molar-refractivity contribution in [3.63, 3.8) is 0 Å². The van der Waals surface area contributed by atoms with Crippen LogP contribution in [0.25, 0.3) is 10.9 Å². The largest absolute Gasteiger partial charge is 0.443 e. The standard InChI is InChI=1S/C18H23NO2/c1-5-6-7-11-15-13-14-10-8-9-12-16(14)19(15)17(20)21-18(2,3)4/h5,8-10,12-13H,1,6-7,11H2,2-4H3. The minimum absolute atomic E-state index is 0.308. The van der Waals surface area contributed by atoms with Crippen LogP contribution in [-0.4, -0.2) is 16.3 Å². The molecule has 0 aliphatic rings. The summed E-state index contributed by atoms with van der Waals surface area (Å²) in [5, 5.41) is 1.07. The third-order valence-corrected chi connectivity index (χ3v) is 3.20. The van der Waals surface area contributed by atoms with Gasteiger partial charge >= 0.3 is 6.09 Å². The fraction of sp³-hybridized carbons (Fsp3) is 0.389. The van der Waals surface area contributed by atoms with Gasteiger partial charge in [0.1, 0.15) is 5.60 Å². The highest BCUT2D eigenvalue weighted by Gasteiger charge is 2.21. The lowest BCUT2D eigenvalue weighted by molar-refractivity contribution is 0.0540. The number of hydrogen-bond donors (Lipinski definition) is 0. The second-order valence-electron chi connectivity index (χ2n) is 6.19. The van der Waals surface area contributed by atoms with Crippen LogP contribution in [0.5, 0.6) is 0 Å². The van der Waals surface area contributed by atoms with E-state index in [1.165, 1.54) is 0 Å². The van der Waals surface area contributed by atoms with Crippen molar-refractivity contribution in [2.45, 2.75) is 45.6 Å². The van der Waals surface area contributed by atoms with E-state index in [1.807, 2.05) is 51.1 Å². The number of nitrogens with zero attached hydrogens (tertiary/aromatic N) is 1. The molecule has 0 aliphatic carbocycles. The average molecular weight is 285 g/mol. The van der Waals surface area contributed by atoms with Crippen LogP contribution in [0, 0.1) is 0 Å². The lowest BCUT2D eigenvalue weighted by atomic mass is 10.2. The summed E-state index contributed by atoms with van der Waals surface area (Å²) in [5.74, 6) is 0.